The Bertz CT molecular complexity index is 776. The molecule has 5 nitrogen and oxygen atoms in total. The number of nitrogens with one attached hydrogen (secondary N) is 2. The highest BCUT2D eigenvalue weighted by Crippen LogP contribution is 2.29. The predicted molar refractivity (Wildman–Crippen MR) is 101 cm³/mol. The van der Waals surface area contributed by atoms with Crippen LogP contribution in [0.5, 0.6) is 11.5 Å². The maximum Gasteiger partial charge on any atom is 0.229 e. The molecule has 0 spiro atoms. The summed E-state index contributed by atoms with van der Waals surface area (Å²) < 4.78 is 25.2. The molecule has 0 atom stereocenters. The van der Waals surface area contributed by atoms with Gasteiger partial charge in [-0.2, -0.15) is 0 Å². The van der Waals surface area contributed by atoms with Crippen LogP contribution in [0, 0.1) is 5.82 Å². The number of methoxy groups -OCH3 is 2. The summed E-state index contributed by atoms with van der Waals surface area (Å²) in [7, 11) is 3.07. The minimum atomic E-state index is -0.348. The molecule has 0 fully saturated rings. The number of halogens is 2. The first-order valence-corrected chi connectivity index (χ1v) is 8.14. The first kappa shape index (κ1) is 20.0. The first-order valence-electron chi connectivity index (χ1n) is 8.14. The Morgan fingerprint density at radius 2 is 1.88 bits per heavy atom. The third-order valence-corrected chi connectivity index (χ3v) is 4.35. The Kier molecular flexibility index (Phi) is 6.83. The van der Waals surface area contributed by atoms with E-state index in [2.05, 4.69) is 10.6 Å². The molecule has 0 radical (unpaired) electrons. The molecule has 0 unspecified atom stereocenters. The number of carbonyl (C=O) groups excluding carboxylic acids is 1. The van der Waals surface area contributed by atoms with Crippen LogP contribution in [0.15, 0.2) is 30.3 Å². The van der Waals surface area contributed by atoms with Crippen LogP contribution in [0.3, 0.4) is 0 Å². The molecule has 0 saturated carbocycles. The second kappa shape index (κ2) is 8.87. The van der Waals surface area contributed by atoms with Gasteiger partial charge in [0.25, 0.3) is 0 Å². The lowest BCUT2D eigenvalue weighted by molar-refractivity contribution is -0.115. The van der Waals surface area contributed by atoms with Gasteiger partial charge in [0.2, 0.25) is 5.91 Å². The van der Waals surface area contributed by atoms with Crippen LogP contribution in [-0.2, 0) is 24.2 Å². The van der Waals surface area contributed by atoms with Gasteiger partial charge in [0, 0.05) is 12.1 Å². The lowest BCUT2D eigenvalue weighted by Gasteiger charge is -2.19. The van der Waals surface area contributed by atoms with Crippen LogP contribution in [0.1, 0.15) is 16.7 Å². The smallest absolute Gasteiger partial charge is 0.229 e. The lowest BCUT2D eigenvalue weighted by atomic mass is 9.99. The first-order chi connectivity index (χ1) is 12.1. The molecule has 1 amide bonds. The predicted octanol–water partition coefficient (Wildman–Crippen LogP) is 3.09. The fourth-order valence-corrected chi connectivity index (χ4v) is 3.09. The quantitative estimate of drug-likeness (QED) is 0.836. The van der Waals surface area contributed by atoms with Gasteiger partial charge >= 0.3 is 0 Å². The van der Waals surface area contributed by atoms with E-state index >= 15 is 0 Å². The number of rotatable bonds is 5. The van der Waals surface area contributed by atoms with Crippen molar-refractivity contribution in [2.24, 2.45) is 0 Å². The third-order valence-electron chi connectivity index (χ3n) is 4.35. The highest BCUT2D eigenvalue weighted by atomic mass is 35.5. The van der Waals surface area contributed by atoms with Gasteiger partial charge in [-0.05, 0) is 42.3 Å². The van der Waals surface area contributed by atoms with Crippen LogP contribution < -0.4 is 20.1 Å². The summed E-state index contributed by atoms with van der Waals surface area (Å²) in [5, 5.41) is 5.87. The minimum absolute atomic E-state index is 0. The summed E-state index contributed by atoms with van der Waals surface area (Å²) in [6.07, 6.45) is 0.649. The normalized spacial score (nSPS) is 12.6. The fourth-order valence-electron chi connectivity index (χ4n) is 3.09. The summed E-state index contributed by atoms with van der Waals surface area (Å²) in [5.74, 6) is 0.452. The van der Waals surface area contributed by atoms with Crippen molar-refractivity contribution in [1.82, 2.24) is 5.32 Å². The van der Waals surface area contributed by atoms with E-state index in [9.17, 15) is 9.18 Å². The van der Waals surface area contributed by atoms with Crippen molar-refractivity contribution in [1.29, 1.82) is 0 Å². The molecule has 0 bridgehead atoms. The van der Waals surface area contributed by atoms with E-state index in [4.69, 9.17) is 9.47 Å². The summed E-state index contributed by atoms with van der Waals surface area (Å²) in [4.78, 5) is 12.4. The van der Waals surface area contributed by atoms with Crippen LogP contribution in [0.25, 0.3) is 0 Å². The Balaban J connectivity index is 0.00000243. The molecular weight excluding hydrogens is 359 g/mol. The second-order valence-electron chi connectivity index (χ2n) is 5.86. The molecule has 7 heteroatoms. The van der Waals surface area contributed by atoms with Crippen LogP contribution in [-0.4, -0.2) is 26.7 Å². The minimum Gasteiger partial charge on any atom is -0.496 e. The number of hydrogen-bond acceptors (Lipinski definition) is 4. The van der Waals surface area contributed by atoms with E-state index in [0.717, 1.165) is 12.1 Å². The molecule has 26 heavy (non-hydrogen) atoms. The van der Waals surface area contributed by atoms with Crippen molar-refractivity contribution in [3.8, 4) is 11.5 Å². The third kappa shape index (κ3) is 4.08. The molecule has 3 rings (SSSR count). The van der Waals surface area contributed by atoms with E-state index in [1.165, 1.54) is 14.2 Å². The molecule has 1 aliphatic rings. The molecule has 2 aromatic carbocycles. The average molecular weight is 381 g/mol. The molecule has 1 aliphatic heterocycles. The fraction of sp³-hybridized carbons (Fsp3) is 0.316. The number of benzene rings is 2. The van der Waals surface area contributed by atoms with Crippen molar-refractivity contribution in [2.75, 3.05) is 26.1 Å². The van der Waals surface area contributed by atoms with E-state index in [1.54, 1.807) is 24.3 Å². The maximum absolute atomic E-state index is 14.7. The zero-order valence-corrected chi connectivity index (χ0v) is 15.5. The van der Waals surface area contributed by atoms with Gasteiger partial charge in [0.1, 0.15) is 17.3 Å². The number of carbonyl (C=O) groups is 1. The largest absolute Gasteiger partial charge is 0.496 e. The number of fused-ring (bicyclic) bond motifs is 1. The zero-order valence-electron chi connectivity index (χ0n) is 14.7. The summed E-state index contributed by atoms with van der Waals surface area (Å²) in [5.41, 5.74) is 2.45. The summed E-state index contributed by atoms with van der Waals surface area (Å²) >= 11 is 0. The van der Waals surface area contributed by atoms with Crippen molar-refractivity contribution in [3.63, 3.8) is 0 Å². The Morgan fingerprint density at radius 3 is 2.54 bits per heavy atom. The van der Waals surface area contributed by atoms with Gasteiger partial charge in [-0.3, -0.25) is 4.79 Å². The highest BCUT2D eigenvalue weighted by molar-refractivity contribution is 5.93. The Labute approximate surface area is 158 Å². The van der Waals surface area contributed by atoms with Crippen molar-refractivity contribution in [2.45, 2.75) is 19.4 Å². The molecule has 140 valence electrons. The van der Waals surface area contributed by atoms with Gasteiger partial charge in [-0.15, -0.1) is 12.4 Å². The van der Waals surface area contributed by atoms with E-state index in [1.807, 2.05) is 6.07 Å². The van der Waals surface area contributed by atoms with Crippen LogP contribution in [0.4, 0.5) is 10.1 Å². The van der Waals surface area contributed by atoms with Gasteiger partial charge in [-0.25, -0.2) is 4.39 Å². The van der Waals surface area contributed by atoms with Crippen LogP contribution in [0.2, 0.25) is 0 Å². The van der Waals surface area contributed by atoms with Gasteiger partial charge in [0.05, 0.1) is 26.3 Å². The standard InChI is InChI=1S/C19H21FN2O3.ClH/c1-24-16-4-3-5-17(25-2)14(16)10-18(23)22-15-7-6-12-11-21-9-8-13(12)19(15)20;/h3-7,21H,8-11H2,1-2H3,(H,22,23);1H. The lowest BCUT2D eigenvalue weighted by Crippen LogP contribution is -2.25. The molecule has 0 saturated heterocycles. The van der Waals surface area contributed by atoms with E-state index < -0.39 is 0 Å². The molecule has 0 aliphatic carbocycles. The SMILES string of the molecule is COc1cccc(OC)c1CC(=O)Nc1ccc2c(c1F)CCNC2.Cl. The molecule has 2 aromatic rings. The van der Waals surface area contributed by atoms with Crippen molar-refractivity contribution < 1.29 is 18.7 Å². The average Bonchev–Trinajstić information content (AvgIpc) is 2.64. The van der Waals surface area contributed by atoms with Gasteiger partial charge in [-0.1, -0.05) is 12.1 Å². The zero-order chi connectivity index (χ0) is 17.8. The van der Waals surface area contributed by atoms with Gasteiger partial charge in [0.15, 0.2) is 0 Å². The number of amides is 1. The van der Waals surface area contributed by atoms with E-state index in [0.29, 0.717) is 35.6 Å². The Hall–Kier alpha value is -2.31. The Morgan fingerprint density at radius 1 is 1.19 bits per heavy atom. The topological polar surface area (TPSA) is 59.6 Å². The molecule has 2 N–H and O–H groups in total. The van der Waals surface area contributed by atoms with E-state index in [-0.39, 0.29) is 36.2 Å². The maximum atomic E-state index is 14.7. The number of anilines is 1. The van der Waals surface area contributed by atoms with Crippen LogP contribution >= 0.6 is 12.4 Å². The summed E-state index contributed by atoms with van der Waals surface area (Å²) in [6, 6.07) is 8.77. The highest BCUT2D eigenvalue weighted by Gasteiger charge is 2.19. The van der Waals surface area contributed by atoms with Crippen molar-refractivity contribution >= 4 is 24.0 Å². The van der Waals surface area contributed by atoms with Crippen molar-refractivity contribution in [3.05, 3.63) is 52.8 Å². The number of ether oxygens (including phenoxy) is 2. The molecule has 1 heterocycles. The molecular formula is C19H22ClFN2O3. The van der Waals surface area contributed by atoms with Gasteiger partial charge < -0.3 is 20.1 Å². The summed E-state index contributed by atoms with van der Waals surface area (Å²) in [6.45, 7) is 1.39. The second-order valence-corrected chi connectivity index (χ2v) is 5.86. The monoisotopic (exact) mass is 380 g/mol. The molecule has 0 aromatic heterocycles. The number of hydrogen-bond donors (Lipinski definition) is 2.